The van der Waals surface area contributed by atoms with Crippen molar-refractivity contribution in [2.75, 3.05) is 6.61 Å². The molecule has 4 heteroatoms. The van der Waals surface area contributed by atoms with Crippen molar-refractivity contribution in [3.05, 3.63) is 0 Å². The molecule has 0 aromatic carbocycles. The number of aliphatic carboxylic acids is 1. The third-order valence-electron chi connectivity index (χ3n) is 3.28. The average Bonchev–Trinajstić information content (AvgIpc) is 2.62. The molecule has 15 heavy (non-hydrogen) atoms. The Morgan fingerprint density at radius 3 is 2.40 bits per heavy atom. The van der Waals surface area contributed by atoms with E-state index in [0.717, 1.165) is 12.8 Å². The van der Waals surface area contributed by atoms with Crippen LogP contribution >= 0.6 is 0 Å². The number of carbonyl (C=O) groups is 2. The fraction of sp³-hybridized carbons (Fsp3) is 0.818. The first-order chi connectivity index (χ1) is 6.87. The number of hydrogen-bond donors (Lipinski definition) is 1. The van der Waals surface area contributed by atoms with Gasteiger partial charge in [0.25, 0.3) is 0 Å². The molecule has 1 saturated carbocycles. The summed E-state index contributed by atoms with van der Waals surface area (Å²) >= 11 is 0. The summed E-state index contributed by atoms with van der Waals surface area (Å²) in [5, 5.41) is 8.92. The van der Waals surface area contributed by atoms with E-state index in [9.17, 15) is 9.59 Å². The van der Waals surface area contributed by atoms with Crippen LogP contribution in [0.2, 0.25) is 0 Å². The van der Waals surface area contributed by atoms with Gasteiger partial charge in [-0.05, 0) is 24.2 Å². The Morgan fingerprint density at radius 2 is 2.00 bits per heavy atom. The van der Waals surface area contributed by atoms with Crippen LogP contribution in [-0.4, -0.2) is 23.7 Å². The first kappa shape index (κ1) is 12.0. The molecule has 1 aliphatic rings. The van der Waals surface area contributed by atoms with Crippen LogP contribution in [0.3, 0.4) is 0 Å². The molecule has 86 valence electrons. The maximum atomic E-state index is 10.8. The molecule has 1 N–H and O–H groups in total. The molecule has 0 aliphatic heterocycles. The number of carboxylic acids is 1. The molecule has 0 spiro atoms. The van der Waals surface area contributed by atoms with Crippen molar-refractivity contribution < 1.29 is 19.4 Å². The Bertz CT molecular complexity index is 270. The van der Waals surface area contributed by atoms with E-state index in [1.165, 1.54) is 6.92 Å². The zero-order valence-corrected chi connectivity index (χ0v) is 9.45. The lowest BCUT2D eigenvalue weighted by molar-refractivity contribution is -0.141. The van der Waals surface area contributed by atoms with E-state index in [1.54, 1.807) is 0 Å². The molecule has 0 radical (unpaired) electrons. The highest BCUT2D eigenvalue weighted by molar-refractivity contribution is 5.75. The molecule has 2 atom stereocenters. The lowest BCUT2D eigenvalue weighted by atomic mass is 10.1. The quantitative estimate of drug-likeness (QED) is 0.558. The largest absolute Gasteiger partial charge is 0.481 e. The smallest absolute Gasteiger partial charge is 0.307 e. The van der Waals surface area contributed by atoms with Crippen molar-refractivity contribution in [3.8, 4) is 0 Å². The van der Waals surface area contributed by atoms with Gasteiger partial charge in [0.15, 0.2) is 0 Å². The van der Waals surface area contributed by atoms with E-state index < -0.39 is 5.97 Å². The number of esters is 1. The van der Waals surface area contributed by atoms with Gasteiger partial charge < -0.3 is 9.84 Å². The molecule has 0 amide bonds. The van der Waals surface area contributed by atoms with E-state index in [4.69, 9.17) is 9.84 Å². The number of carboxylic acid groups (broad SMARTS) is 1. The van der Waals surface area contributed by atoms with Crippen molar-refractivity contribution in [2.24, 2.45) is 17.3 Å². The van der Waals surface area contributed by atoms with Crippen LogP contribution in [0.25, 0.3) is 0 Å². The first-order valence-corrected chi connectivity index (χ1v) is 5.23. The number of carbonyl (C=O) groups excluding carboxylic acids is 1. The Kier molecular flexibility index (Phi) is 3.37. The zero-order chi connectivity index (χ0) is 11.6. The molecule has 1 fully saturated rings. The summed E-state index contributed by atoms with van der Waals surface area (Å²) in [4.78, 5) is 21.3. The molecular formula is C11H18O4. The van der Waals surface area contributed by atoms with Crippen LogP contribution in [0.1, 0.15) is 33.6 Å². The van der Waals surface area contributed by atoms with E-state index in [0.29, 0.717) is 6.61 Å². The Hall–Kier alpha value is -1.06. The minimum atomic E-state index is -0.711. The molecule has 2 unspecified atom stereocenters. The van der Waals surface area contributed by atoms with Gasteiger partial charge in [-0.3, -0.25) is 9.59 Å². The summed E-state index contributed by atoms with van der Waals surface area (Å²) in [7, 11) is 0. The van der Waals surface area contributed by atoms with Gasteiger partial charge in [0.05, 0.1) is 12.5 Å². The van der Waals surface area contributed by atoms with Crippen molar-refractivity contribution in [1.82, 2.24) is 0 Å². The summed E-state index contributed by atoms with van der Waals surface area (Å²) in [6, 6.07) is 0. The number of hydrogen-bond acceptors (Lipinski definition) is 3. The highest BCUT2D eigenvalue weighted by Crippen LogP contribution is 2.60. The first-order valence-electron chi connectivity index (χ1n) is 5.23. The third-order valence-corrected chi connectivity index (χ3v) is 3.28. The topological polar surface area (TPSA) is 63.6 Å². The SMILES string of the molecule is CC(=O)OCCCC1C(C(=O)O)C1(C)C. The van der Waals surface area contributed by atoms with E-state index in [1.807, 2.05) is 13.8 Å². The average molecular weight is 214 g/mol. The molecule has 0 aromatic heterocycles. The standard InChI is InChI=1S/C11H18O4/c1-7(12)15-6-4-5-8-9(10(13)14)11(8,2)3/h8-9H,4-6H2,1-3H3,(H,13,14). The lowest BCUT2D eigenvalue weighted by Crippen LogP contribution is -2.03. The van der Waals surface area contributed by atoms with Crippen molar-refractivity contribution in [1.29, 1.82) is 0 Å². The molecule has 1 aliphatic carbocycles. The van der Waals surface area contributed by atoms with E-state index in [2.05, 4.69) is 0 Å². The highest BCUT2D eigenvalue weighted by atomic mass is 16.5. The highest BCUT2D eigenvalue weighted by Gasteiger charge is 2.61. The van der Waals surface area contributed by atoms with Crippen molar-refractivity contribution in [3.63, 3.8) is 0 Å². The van der Waals surface area contributed by atoms with Crippen LogP contribution in [0, 0.1) is 17.3 Å². The van der Waals surface area contributed by atoms with E-state index in [-0.39, 0.29) is 23.2 Å². The monoisotopic (exact) mass is 214 g/mol. The molecule has 0 aromatic rings. The minimum Gasteiger partial charge on any atom is -0.481 e. The summed E-state index contributed by atoms with van der Waals surface area (Å²) in [5.74, 6) is -0.988. The van der Waals surface area contributed by atoms with Crippen LogP contribution in [0.5, 0.6) is 0 Å². The second kappa shape index (κ2) is 4.21. The molecular weight excluding hydrogens is 196 g/mol. The van der Waals surface area contributed by atoms with Crippen LogP contribution in [-0.2, 0) is 14.3 Å². The van der Waals surface area contributed by atoms with Crippen LogP contribution < -0.4 is 0 Å². The second-order valence-corrected chi connectivity index (χ2v) is 4.73. The second-order valence-electron chi connectivity index (χ2n) is 4.73. The predicted molar refractivity (Wildman–Crippen MR) is 54.3 cm³/mol. The normalized spacial score (nSPS) is 27.1. The van der Waals surface area contributed by atoms with Gasteiger partial charge in [0.2, 0.25) is 0 Å². The molecule has 0 heterocycles. The molecule has 1 rings (SSSR count). The van der Waals surface area contributed by atoms with Crippen LogP contribution in [0.4, 0.5) is 0 Å². The lowest BCUT2D eigenvalue weighted by Gasteiger charge is -2.02. The maximum Gasteiger partial charge on any atom is 0.307 e. The van der Waals surface area contributed by atoms with Gasteiger partial charge in [-0.15, -0.1) is 0 Å². The zero-order valence-electron chi connectivity index (χ0n) is 9.45. The molecule has 4 nitrogen and oxygen atoms in total. The molecule has 0 saturated heterocycles. The fourth-order valence-electron chi connectivity index (χ4n) is 2.29. The maximum absolute atomic E-state index is 10.8. The summed E-state index contributed by atoms with van der Waals surface area (Å²) < 4.78 is 4.80. The third kappa shape index (κ3) is 2.70. The minimum absolute atomic E-state index is 0.0952. The Morgan fingerprint density at radius 1 is 1.40 bits per heavy atom. The fourth-order valence-corrected chi connectivity index (χ4v) is 2.29. The van der Waals surface area contributed by atoms with Crippen LogP contribution in [0.15, 0.2) is 0 Å². The van der Waals surface area contributed by atoms with Gasteiger partial charge in [-0.25, -0.2) is 0 Å². The van der Waals surface area contributed by atoms with Gasteiger partial charge in [0, 0.05) is 6.92 Å². The molecule has 0 bridgehead atoms. The van der Waals surface area contributed by atoms with Crippen molar-refractivity contribution >= 4 is 11.9 Å². The predicted octanol–water partition coefficient (Wildman–Crippen LogP) is 1.69. The summed E-state index contributed by atoms with van der Waals surface area (Å²) in [6.45, 7) is 5.72. The van der Waals surface area contributed by atoms with Gasteiger partial charge in [-0.1, -0.05) is 13.8 Å². The van der Waals surface area contributed by atoms with Gasteiger partial charge in [-0.2, -0.15) is 0 Å². The van der Waals surface area contributed by atoms with Gasteiger partial charge >= 0.3 is 11.9 Å². The summed E-state index contributed by atoms with van der Waals surface area (Å²) in [6.07, 6.45) is 1.56. The van der Waals surface area contributed by atoms with Gasteiger partial charge in [0.1, 0.15) is 0 Å². The number of rotatable bonds is 5. The Labute approximate surface area is 89.6 Å². The van der Waals surface area contributed by atoms with Crippen molar-refractivity contribution in [2.45, 2.75) is 33.6 Å². The van der Waals surface area contributed by atoms with E-state index >= 15 is 0 Å². The Balaban J connectivity index is 2.24. The summed E-state index contributed by atoms with van der Waals surface area (Å²) in [5.41, 5.74) is -0.0952. The number of ether oxygens (including phenoxy) is 1.